The average Bonchev–Trinajstić information content (AvgIpc) is 2.78. The van der Waals surface area contributed by atoms with Crippen molar-refractivity contribution in [3.8, 4) is 5.75 Å². The third-order valence-electron chi connectivity index (χ3n) is 6.29. The minimum Gasteiger partial charge on any atom is -0.508 e. The van der Waals surface area contributed by atoms with Gasteiger partial charge in [-0.1, -0.05) is 52.7 Å². The molecule has 0 aromatic heterocycles. The van der Waals surface area contributed by atoms with Crippen LogP contribution in [0.25, 0.3) is 0 Å². The number of phenolic OH excluding ortho intramolecular Hbond substituents is 1. The van der Waals surface area contributed by atoms with Gasteiger partial charge in [0.15, 0.2) is 0 Å². The molecule has 0 heterocycles. The molecule has 1 rings (SSSR count). The van der Waals surface area contributed by atoms with E-state index in [-0.39, 0.29) is 35.6 Å². The van der Waals surface area contributed by atoms with Gasteiger partial charge in [0.05, 0.1) is 0 Å². The van der Waals surface area contributed by atoms with Crippen molar-refractivity contribution in [2.45, 2.75) is 118 Å². The van der Waals surface area contributed by atoms with Crippen LogP contribution in [-0.4, -0.2) is 51.6 Å². The van der Waals surface area contributed by atoms with Crippen molar-refractivity contribution < 1.29 is 24.2 Å². The Balaban J connectivity index is 3.56. The van der Waals surface area contributed by atoms with Gasteiger partial charge in [0.1, 0.15) is 23.4 Å². The Morgan fingerprint density at radius 3 is 2.17 bits per heavy atom. The van der Waals surface area contributed by atoms with E-state index in [0.29, 0.717) is 18.4 Å². The number of rotatable bonds is 12. The topological polar surface area (TPSA) is 108 Å². The first kappa shape index (κ1) is 31.3. The molecule has 8 heteroatoms. The highest BCUT2D eigenvalue weighted by molar-refractivity contribution is 5.92. The Bertz CT molecular complexity index is 867. The highest BCUT2D eigenvalue weighted by atomic mass is 16.6. The molecule has 5 unspecified atom stereocenters. The van der Waals surface area contributed by atoms with Crippen molar-refractivity contribution in [3.63, 3.8) is 0 Å². The lowest BCUT2D eigenvalue weighted by Crippen LogP contribution is -2.57. The van der Waals surface area contributed by atoms with Gasteiger partial charge in [-0.3, -0.25) is 9.59 Å². The summed E-state index contributed by atoms with van der Waals surface area (Å²) in [6.07, 6.45) is 2.25. The van der Waals surface area contributed by atoms with E-state index >= 15 is 0 Å². The van der Waals surface area contributed by atoms with Crippen molar-refractivity contribution in [2.75, 3.05) is 0 Å². The molecule has 3 amide bonds. The molecule has 0 radical (unpaired) electrons. The number of amides is 3. The van der Waals surface area contributed by atoms with Gasteiger partial charge in [0, 0.05) is 12.1 Å². The summed E-state index contributed by atoms with van der Waals surface area (Å²) in [5.41, 5.74) is -0.215. The second-order valence-electron chi connectivity index (χ2n) is 10.7. The molecule has 0 aliphatic rings. The van der Waals surface area contributed by atoms with Crippen molar-refractivity contribution in [1.82, 2.24) is 15.5 Å². The van der Waals surface area contributed by atoms with Crippen LogP contribution in [0.15, 0.2) is 24.3 Å². The highest BCUT2D eigenvalue weighted by Gasteiger charge is 2.40. The molecule has 204 valence electrons. The van der Waals surface area contributed by atoms with Crippen LogP contribution >= 0.6 is 0 Å². The van der Waals surface area contributed by atoms with Crippen LogP contribution in [0.2, 0.25) is 0 Å². The summed E-state index contributed by atoms with van der Waals surface area (Å²) in [4.78, 5) is 42.1. The van der Waals surface area contributed by atoms with E-state index in [4.69, 9.17) is 4.74 Å². The zero-order valence-corrected chi connectivity index (χ0v) is 23.6. The smallest absolute Gasteiger partial charge is 0.408 e. The fourth-order valence-electron chi connectivity index (χ4n) is 4.03. The van der Waals surface area contributed by atoms with Gasteiger partial charge in [-0.05, 0) is 71.1 Å². The van der Waals surface area contributed by atoms with Crippen LogP contribution < -0.4 is 10.6 Å². The van der Waals surface area contributed by atoms with Crippen molar-refractivity contribution in [2.24, 2.45) is 5.92 Å². The highest BCUT2D eigenvalue weighted by Crippen LogP contribution is 2.29. The van der Waals surface area contributed by atoms with Crippen LogP contribution in [0.5, 0.6) is 5.75 Å². The van der Waals surface area contributed by atoms with Crippen molar-refractivity contribution in [1.29, 1.82) is 0 Å². The Labute approximate surface area is 217 Å². The maximum atomic E-state index is 14.2. The number of nitrogens with zero attached hydrogens (tertiary/aromatic N) is 1. The van der Waals surface area contributed by atoms with Gasteiger partial charge >= 0.3 is 6.09 Å². The van der Waals surface area contributed by atoms with E-state index < -0.39 is 23.8 Å². The maximum Gasteiger partial charge on any atom is 0.408 e. The normalized spacial score (nSPS) is 15.7. The van der Waals surface area contributed by atoms with E-state index in [1.807, 2.05) is 41.5 Å². The summed E-state index contributed by atoms with van der Waals surface area (Å²) in [5, 5.41) is 16.0. The molecule has 0 saturated heterocycles. The monoisotopic (exact) mass is 505 g/mol. The number of carbonyl (C=O) groups excluding carboxylic acids is 3. The molecule has 1 aromatic carbocycles. The van der Waals surface area contributed by atoms with Crippen LogP contribution in [0.1, 0.15) is 99.6 Å². The first-order valence-electron chi connectivity index (χ1n) is 13.2. The standard InChI is InChI=1S/C28H47N3O5/c1-10-14-19(5)29-25(33)24(21-15-13-16-22(32)17-21)31(20(6)12-3)26(34)23(18(4)11-2)30-27(35)36-28(7,8)9/h13,15-20,23-24,32H,10-12,14H2,1-9H3,(H,29,33)(H,30,35). The molecule has 0 spiro atoms. The largest absolute Gasteiger partial charge is 0.508 e. The molecule has 36 heavy (non-hydrogen) atoms. The average molecular weight is 506 g/mol. The first-order chi connectivity index (χ1) is 16.7. The fraction of sp³-hybridized carbons (Fsp3) is 0.679. The second-order valence-corrected chi connectivity index (χ2v) is 10.7. The van der Waals surface area contributed by atoms with E-state index in [2.05, 4.69) is 10.6 Å². The lowest BCUT2D eigenvalue weighted by atomic mass is 9.94. The fourth-order valence-corrected chi connectivity index (χ4v) is 4.03. The zero-order valence-electron chi connectivity index (χ0n) is 23.6. The summed E-state index contributed by atoms with van der Waals surface area (Å²) >= 11 is 0. The number of hydrogen-bond donors (Lipinski definition) is 3. The van der Waals surface area contributed by atoms with Gasteiger partial charge in [-0.2, -0.15) is 0 Å². The second kappa shape index (κ2) is 14.1. The lowest BCUT2D eigenvalue weighted by molar-refractivity contribution is -0.146. The van der Waals surface area contributed by atoms with Crippen LogP contribution in [-0.2, 0) is 14.3 Å². The maximum absolute atomic E-state index is 14.2. The Kier molecular flexibility index (Phi) is 12.2. The predicted molar refractivity (Wildman–Crippen MR) is 143 cm³/mol. The van der Waals surface area contributed by atoms with Crippen LogP contribution in [0, 0.1) is 5.92 Å². The van der Waals surface area contributed by atoms with Gasteiger partial charge in [-0.15, -0.1) is 0 Å². The summed E-state index contributed by atoms with van der Waals surface area (Å²) < 4.78 is 5.43. The number of aromatic hydroxyl groups is 1. The number of nitrogens with one attached hydrogen (secondary N) is 2. The van der Waals surface area contributed by atoms with E-state index in [9.17, 15) is 19.5 Å². The predicted octanol–water partition coefficient (Wildman–Crippen LogP) is 5.30. The number of phenols is 1. The molecule has 0 fully saturated rings. The first-order valence-corrected chi connectivity index (χ1v) is 13.2. The molecule has 8 nitrogen and oxygen atoms in total. The quantitative estimate of drug-likeness (QED) is 0.357. The molecule has 0 bridgehead atoms. The van der Waals surface area contributed by atoms with Crippen LogP contribution in [0.4, 0.5) is 4.79 Å². The number of alkyl carbamates (subject to hydrolysis) is 1. The molecule has 0 aliphatic carbocycles. The number of ether oxygens (including phenoxy) is 1. The Morgan fingerprint density at radius 1 is 1.03 bits per heavy atom. The van der Waals surface area contributed by atoms with Gasteiger partial charge in [-0.25, -0.2) is 4.79 Å². The van der Waals surface area contributed by atoms with E-state index in [0.717, 1.165) is 12.8 Å². The molecule has 5 atom stereocenters. The molecule has 3 N–H and O–H groups in total. The summed E-state index contributed by atoms with van der Waals surface area (Å²) in [6.45, 7) is 16.9. The summed E-state index contributed by atoms with van der Waals surface area (Å²) in [7, 11) is 0. The van der Waals surface area contributed by atoms with E-state index in [1.54, 1.807) is 37.8 Å². The van der Waals surface area contributed by atoms with Gasteiger partial charge in [0.25, 0.3) is 0 Å². The number of hydrogen-bond acceptors (Lipinski definition) is 5. The minimum atomic E-state index is -0.981. The molecule has 0 saturated carbocycles. The van der Waals surface area contributed by atoms with Crippen molar-refractivity contribution >= 4 is 17.9 Å². The van der Waals surface area contributed by atoms with Crippen LogP contribution in [0.3, 0.4) is 0 Å². The van der Waals surface area contributed by atoms with Crippen molar-refractivity contribution in [3.05, 3.63) is 29.8 Å². The Hall–Kier alpha value is -2.77. The summed E-state index contributed by atoms with van der Waals surface area (Å²) in [6, 6.07) is 4.16. The third-order valence-corrected chi connectivity index (χ3v) is 6.29. The molecular formula is C28H47N3O5. The minimum absolute atomic E-state index is 0.00816. The number of carbonyl (C=O) groups is 3. The Morgan fingerprint density at radius 2 is 1.67 bits per heavy atom. The third kappa shape index (κ3) is 9.36. The van der Waals surface area contributed by atoms with E-state index in [1.165, 1.54) is 12.1 Å². The SMILES string of the molecule is CCCC(C)NC(=O)C(c1cccc(O)c1)N(C(=O)C(NC(=O)OC(C)(C)C)C(C)CC)C(C)CC. The lowest BCUT2D eigenvalue weighted by Gasteiger charge is -2.39. The molecule has 1 aromatic rings. The molecular weight excluding hydrogens is 458 g/mol. The molecule has 0 aliphatic heterocycles. The summed E-state index contributed by atoms with van der Waals surface area (Å²) in [5.74, 6) is -0.885. The van der Waals surface area contributed by atoms with Gasteiger partial charge in [0.2, 0.25) is 11.8 Å². The van der Waals surface area contributed by atoms with Gasteiger partial charge < -0.3 is 25.4 Å². The number of benzene rings is 1. The zero-order chi connectivity index (χ0) is 27.6.